The van der Waals surface area contributed by atoms with Crippen LogP contribution in [0.4, 0.5) is 4.39 Å². The third-order valence-electron chi connectivity index (χ3n) is 4.12. The van der Waals surface area contributed by atoms with Crippen LogP contribution in [0.3, 0.4) is 0 Å². The minimum atomic E-state index is -0.317. The second kappa shape index (κ2) is 7.03. The summed E-state index contributed by atoms with van der Waals surface area (Å²) in [5.41, 5.74) is 1.33. The molecule has 0 aliphatic rings. The summed E-state index contributed by atoms with van der Waals surface area (Å²) in [6.45, 7) is 4.31. The number of benzene rings is 1. The van der Waals surface area contributed by atoms with Crippen molar-refractivity contribution >= 4 is 21.6 Å². The highest BCUT2D eigenvalue weighted by atomic mass is 32.1. The van der Waals surface area contributed by atoms with Gasteiger partial charge in [0.15, 0.2) is 5.82 Å². The van der Waals surface area contributed by atoms with Crippen LogP contribution in [0, 0.1) is 11.7 Å². The molecule has 3 aromatic heterocycles. The predicted octanol–water partition coefficient (Wildman–Crippen LogP) is 3.89. The molecule has 27 heavy (non-hydrogen) atoms. The van der Waals surface area contributed by atoms with Gasteiger partial charge in [-0.2, -0.15) is 4.98 Å². The quantitative estimate of drug-likeness (QED) is 0.522. The zero-order chi connectivity index (χ0) is 19.0. The Labute approximate surface area is 158 Å². The first-order valence-corrected chi connectivity index (χ1v) is 9.43. The molecule has 4 aromatic rings. The summed E-state index contributed by atoms with van der Waals surface area (Å²) in [6.07, 6.45) is 2.21. The molecule has 0 saturated carbocycles. The maximum Gasteiger partial charge on any atom is 0.263 e. The zero-order valence-electron chi connectivity index (χ0n) is 14.8. The van der Waals surface area contributed by atoms with Crippen molar-refractivity contribution in [2.24, 2.45) is 5.92 Å². The Morgan fingerprint density at radius 2 is 2.04 bits per heavy atom. The van der Waals surface area contributed by atoms with Crippen molar-refractivity contribution in [1.29, 1.82) is 0 Å². The molecule has 0 fully saturated rings. The van der Waals surface area contributed by atoms with Crippen molar-refractivity contribution in [3.05, 3.63) is 63.9 Å². The summed E-state index contributed by atoms with van der Waals surface area (Å²) in [6, 6.07) is 6.07. The Bertz CT molecular complexity index is 1140. The second-order valence-corrected chi connectivity index (χ2v) is 7.57. The zero-order valence-corrected chi connectivity index (χ0v) is 15.7. The van der Waals surface area contributed by atoms with Crippen molar-refractivity contribution in [3.63, 3.8) is 0 Å². The van der Waals surface area contributed by atoms with Crippen LogP contribution in [0.1, 0.15) is 25.6 Å². The van der Waals surface area contributed by atoms with E-state index < -0.39 is 0 Å². The number of fused-ring (bicyclic) bond motifs is 1. The molecule has 0 saturated heterocycles. The van der Waals surface area contributed by atoms with Crippen LogP contribution in [0.2, 0.25) is 0 Å². The lowest BCUT2D eigenvalue weighted by atomic mass is 10.1. The Hall–Kier alpha value is -2.87. The van der Waals surface area contributed by atoms with E-state index in [1.165, 1.54) is 34.4 Å². The van der Waals surface area contributed by atoms with Crippen LogP contribution in [0.15, 0.2) is 45.3 Å². The number of hydrogen-bond acceptors (Lipinski definition) is 6. The Balaban J connectivity index is 1.71. The molecule has 4 rings (SSSR count). The molecule has 0 unspecified atom stereocenters. The molecule has 0 aliphatic carbocycles. The summed E-state index contributed by atoms with van der Waals surface area (Å²) in [7, 11) is 0. The van der Waals surface area contributed by atoms with Crippen molar-refractivity contribution < 1.29 is 8.91 Å². The summed E-state index contributed by atoms with van der Waals surface area (Å²) < 4.78 is 19.9. The molecule has 8 heteroatoms. The van der Waals surface area contributed by atoms with E-state index in [1.54, 1.807) is 12.1 Å². The van der Waals surface area contributed by atoms with Gasteiger partial charge < -0.3 is 4.52 Å². The molecular formula is C19H17FN4O2S. The topological polar surface area (TPSA) is 73.8 Å². The van der Waals surface area contributed by atoms with Gasteiger partial charge >= 0.3 is 0 Å². The number of hydrogen-bond donors (Lipinski definition) is 0. The van der Waals surface area contributed by atoms with Gasteiger partial charge in [0.05, 0.1) is 11.7 Å². The molecule has 0 radical (unpaired) electrons. The maximum atomic E-state index is 13.2. The molecule has 138 valence electrons. The number of rotatable bonds is 5. The maximum absolute atomic E-state index is 13.2. The highest BCUT2D eigenvalue weighted by Crippen LogP contribution is 2.30. The third-order valence-corrected chi connectivity index (χ3v) is 5.01. The van der Waals surface area contributed by atoms with Crippen molar-refractivity contribution in [2.45, 2.75) is 26.8 Å². The second-order valence-electron chi connectivity index (χ2n) is 6.72. The van der Waals surface area contributed by atoms with Crippen LogP contribution in [0.5, 0.6) is 0 Å². The monoisotopic (exact) mass is 384 g/mol. The SMILES string of the molecule is CC(C)Cc1noc(Cn2cnc3scc(-c4ccc(F)cc4)c3c2=O)n1. The smallest absolute Gasteiger partial charge is 0.263 e. The predicted molar refractivity (Wildman–Crippen MR) is 101 cm³/mol. The van der Waals surface area contributed by atoms with Gasteiger partial charge in [-0.3, -0.25) is 9.36 Å². The third kappa shape index (κ3) is 3.52. The average molecular weight is 384 g/mol. The van der Waals surface area contributed by atoms with Gasteiger partial charge in [-0.1, -0.05) is 31.1 Å². The van der Waals surface area contributed by atoms with Gasteiger partial charge in [-0.25, -0.2) is 9.37 Å². The minimum Gasteiger partial charge on any atom is -0.337 e. The normalized spacial score (nSPS) is 11.6. The van der Waals surface area contributed by atoms with E-state index in [-0.39, 0.29) is 17.9 Å². The van der Waals surface area contributed by atoms with E-state index in [2.05, 4.69) is 29.0 Å². The minimum absolute atomic E-state index is 0.158. The van der Waals surface area contributed by atoms with Crippen LogP contribution >= 0.6 is 11.3 Å². The van der Waals surface area contributed by atoms with E-state index in [0.717, 1.165) is 17.5 Å². The van der Waals surface area contributed by atoms with E-state index in [4.69, 9.17) is 4.52 Å². The molecule has 6 nitrogen and oxygen atoms in total. The van der Waals surface area contributed by atoms with Crippen molar-refractivity contribution in [1.82, 2.24) is 19.7 Å². The van der Waals surface area contributed by atoms with Gasteiger partial charge in [0.25, 0.3) is 5.56 Å². The van der Waals surface area contributed by atoms with Gasteiger partial charge in [0.2, 0.25) is 5.89 Å². The summed E-state index contributed by atoms with van der Waals surface area (Å²) >= 11 is 1.38. The first-order valence-electron chi connectivity index (χ1n) is 8.55. The standard InChI is InChI=1S/C19H17FN4O2S/c1-11(2)7-15-22-16(26-23-15)8-24-10-21-18-17(19(24)25)14(9-27-18)12-3-5-13(20)6-4-12/h3-6,9-11H,7-8H2,1-2H3. The van der Waals surface area contributed by atoms with Crippen LogP contribution < -0.4 is 5.56 Å². The Morgan fingerprint density at radius 1 is 1.26 bits per heavy atom. The number of halogens is 1. The molecule has 0 aliphatic heterocycles. The lowest BCUT2D eigenvalue weighted by Crippen LogP contribution is -2.21. The summed E-state index contributed by atoms with van der Waals surface area (Å²) in [4.78, 5) is 22.4. The molecular weight excluding hydrogens is 367 g/mol. The molecule has 3 heterocycles. The lowest BCUT2D eigenvalue weighted by molar-refractivity contribution is 0.362. The largest absolute Gasteiger partial charge is 0.337 e. The fourth-order valence-electron chi connectivity index (χ4n) is 2.87. The first-order chi connectivity index (χ1) is 13.0. The summed E-state index contributed by atoms with van der Waals surface area (Å²) in [5.74, 6) is 1.10. The average Bonchev–Trinajstić information content (AvgIpc) is 3.25. The number of aromatic nitrogens is 4. The van der Waals surface area contributed by atoms with E-state index >= 15 is 0 Å². The van der Waals surface area contributed by atoms with Gasteiger partial charge in [-0.05, 0) is 23.6 Å². The van der Waals surface area contributed by atoms with E-state index in [9.17, 15) is 9.18 Å². The van der Waals surface area contributed by atoms with E-state index in [1.807, 2.05) is 5.38 Å². The fourth-order valence-corrected chi connectivity index (χ4v) is 3.78. The van der Waals surface area contributed by atoms with Crippen LogP contribution in [-0.2, 0) is 13.0 Å². The Morgan fingerprint density at radius 3 is 2.78 bits per heavy atom. The van der Waals surface area contributed by atoms with Gasteiger partial charge in [0, 0.05) is 17.4 Å². The van der Waals surface area contributed by atoms with Crippen LogP contribution in [0.25, 0.3) is 21.3 Å². The highest BCUT2D eigenvalue weighted by molar-refractivity contribution is 7.17. The molecule has 0 amide bonds. The molecule has 0 bridgehead atoms. The molecule has 0 spiro atoms. The van der Waals surface area contributed by atoms with Gasteiger partial charge in [0.1, 0.15) is 17.2 Å². The highest BCUT2D eigenvalue weighted by Gasteiger charge is 2.15. The fraction of sp³-hybridized carbons (Fsp3) is 0.263. The van der Waals surface area contributed by atoms with Crippen molar-refractivity contribution in [2.75, 3.05) is 0 Å². The summed E-state index contributed by atoms with van der Waals surface area (Å²) in [5, 5.41) is 6.33. The molecule has 1 aromatic carbocycles. The lowest BCUT2D eigenvalue weighted by Gasteiger charge is -2.03. The molecule has 0 atom stereocenters. The Kier molecular flexibility index (Phi) is 4.57. The molecule has 0 N–H and O–H groups in total. The van der Waals surface area contributed by atoms with Crippen LogP contribution in [-0.4, -0.2) is 19.7 Å². The first kappa shape index (κ1) is 17.5. The number of nitrogens with zero attached hydrogens (tertiary/aromatic N) is 4. The van der Waals surface area contributed by atoms with Gasteiger partial charge in [-0.15, -0.1) is 11.3 Å². The van der Waals surface area contributed by atoms with E-state index in [0.29, 0.717) is 27.8 Å². The number of thiophene rings is 1. The van der Waals surface area contributed by atoms with Crippen molar-refractivity contribution in [3.8, 4) is 11.1 Å².